The number of anilines is 1. The quantitative estimate of drug-likeness (QED) is 0.260. The van der Waals surface area contributed by atoms with Gasteiger partial charge in [-0.3, -0.25) is 14.2 Å². The summed E-state index contributed by atoms with van der Waals surface area (Å²) in [7, 11) is 0. The molecule has 14 heteroatoms. The predicted octanol–water partition coefficient (Wildman–Crippen LogP) is 0.644. The smallest absolute Gasteiger partial charge is 0.407 e. The number of amides is 2. The summed E-state index contributed by atoms with van der Waals surface area (Å²) in [6, 6.07) is 0. The lowest BCUT2D eigenvalue weighted by Crippen LogP contribution is -2.33. The number of carbonyl (C=O) groups excluding carboxylic acids is 3. The van der Waals surface area contributed by atoms with Crippen LogP contribution in [0.15, 0.2) is 12.7 Å². The van der Waals surface area contributed by atoms with Crippen molar-refractivity contribution in [1.29, 1.82) is 0 Å². The van der Waals surface area contributed by atoms with Gasteiger partial charge in [0, 0.05) is 19.4 Å². The number of nitrogens with zero attached hydrogens (tertiary/aromatic N) is 4. The van der Waals surface area contributed by atoms with Crippen molar-refractivity contribution >= 4 is 35.0 Å². The average molecular weight is 509 g/mol. The van der Waals surface area contributed by atoms with Gasteiger partial charge in [0.15, 0.2) is 17.0 Å². The summed E-state index contributed by atoms with van der Waals surface area (Å²) in [5, 5.41) is 24.4. The number of aliphatic hydroxyl groups is 2. The number of hydrogen-bond acceptors (Lipinski definition) is 11. The topological polar surface area (TPSA) is 187 Å². The molecule has 0 unspecified atom stereocenters. The Labute approximate surface area is 207 Å². The molecule has 36 heavy (non-hydrogen) atoms. The first-order valence-corrected chi connectivity index (χ1v) is 11.6. The van der Waals surface area contributed by atoms with Gasteiger partial charge in [-0.25, -0.2) is 19.7 Å². The van der Waals surface area contributed by atoms with E-state index in [2.05, 4.69) is 25.6 Å². The second-order valence-electron chi connectivity index (χ2n) is 9.21. The minimum Gasteiger partial charge on any atom is -0.466 e. The van der Waals surface area contributed by atoms with Crippen molar-refractivity contribution in [1.82, 2.24) is 24.8 Å². The number of esters is 1. The molecule has 0 radical (unpaired) electrons. The third-order valence-corrected chi connectivity index (χ3v) is 5.12. The van der Waals surface area contributed by atoms with E-state index in [1.807, 2.05) is 0 Å². The second kappa shape index (κ2) is 12.1. The molecule has 0 aromatic carbocycles. The Kier molecular flexibility index (Phi) is 9.12. The number of nitrogens with one attached hydrogen (secondary N) is 2. The molecule has 0 spiro atoms. The van der Waals surface area contributed by atoms with E-state index in [1.165, 1.54) is 12.7 Å². The molecular formula is C22H32N6O8. The van der Waals surface area contributed by atoms with E-state index < -0.39 is 42.0 Å². The van der Waals surface area contributed by atoms with E-state index >= 15 is 0 Å². The number of ether oxygens (including phenoxy) is 3. The van der Waals surface area contributed by atoms with E-state index in [1.54, 1.807) is 25.3 Å². The zero-order chi connectivity index (χ0) is 26.3. The highest BCUT2D eigenvalue weighted by atomic mass is 16.6. The number of fused-ring (bicyclic) bond motifs is 1. The number of aromatic nitrogens is 4. The van der Waals surface area contributed by atoms with Crippen LogP contribution in [0.3, 0.4) is 0 Å². The maximum absolute atomic E-state index is 12.4. The number of imidazole rings is 1. The zero-order valence-electron chi connectivity index (χ0n) is 20.5. The molecule has 0 bridgehead atoms. The van der Waals surface area contributed by atoms with Crippen LogP contribution >= 0.6 is 0 Å². The highest BCUT2D eigenvalue weighted by Crippen LogP contribution is 2.31. The van der Waals surface area contributed by atoms with E-state index in [4.69, 9.17) is 14.2 Å². The van der Waals surface area contributed by atoms with Crippen LogP contribution in [-0.2, 0) is 23.8 Å². The Hall–Kier alpha value is -3.36. The SMILES string of the molecule is CC(C)(C)OC(=O)NCCCOC(=O)CCC(=O)Nc1ncnc2c1ncn2[C@H]1C[C@@H](O)[C@@H](CO)O1. The Bertz CT molecular complexity index is 1070. The minimum atomic E-state index is -0.820. The van der Waals surface area contributed by atoms with Gasteiger partial charge in [0.1, 0.15) is 24.3 Å². The van der Waals surface area contributed by atoms with Crippen LogP contribution in [0, 0.1) is 0 Å². The van der Waals surface area contributed by atoms with Crippen LogP contribution in [0.25, 0.3) is 11.2 Å². The maximum atomic E-state index is 12.4. The fourth-order valence-corrected chi connectivity index (χ4v) is 3.45. The summed E-state index contributed by atoms with van der Waals surface area (Å²) < 4.78 is 17.4. The molecule has 2 aromatic rings. The van der Waals surface area contributed by atoms with E-state index in [9.17, 15) is 24.6 Å². The monoisotopic (exact) mass is 508 g/mol. The minimum absolute atomic E-state index is 0.0926. The van der Waals surface area contributed by atoms with Crippen molar-refractivity contribution in [2.75, 3.05) is 25.1 Å². The molecule has 2 amide bonds. The van der Waals surface area contributed by atoms with Crippen molar-refractivity contribution in [2.24, 2.45) is 0 Å². The first-order chi connectivity index (χ1) is 17.1. The first-order valence-electron chi connectivity index (χ1n) is 11.6. The van der Waals surface area contributed by atoms with E-state index in [0.717, 1.165) is 0 Å². The van der Waals surface area contributed by atoms with Crippen molar-refractivity contribution in [3.8, 4) is 0 Å². The summed E-state index contributed by atoms with van der Waals surface area (Å²) in [5.74, 6) is -0.835. The molecule has 2 aromatic heterocycles. The summed E-state index contributed by atoms with van der Waals surface area (Å²) >= 11 is 0. The predicted molar refractivity (Wildman–Crippen MR) is 125 cm³/mol. The highest BCUT2D eigenvalue weighted by molar-refractivity contribution is 5.97. The van der Waals surface area contributed by atoms with Gasteiger partial charge < -0.3 is 35.1 Å². The number of aliphatic hydroxyl groups excluding tert-OH is 2. The largest absolute Gasteiger partial charge is 0.466 e. The molecule has 0 aliphatic carbocycles. The van der Waals surface area contributed by atoms with Crippen molar-refractivity contribution in [3.05, 3.63) is 12.7 Å². The fraction of sp³-hybridized carbons (Fsp3) is 0.636. The Morgan fingerprint density at radius 2 is 2.00 bits per heavy atom. The number of alkyl carbamates (subject to hydrolysis) is 1. The van der Waals surface area contributed by atoms with Gasteiger partial charge in [0.05, 0.1) is 32.1 Å². The normalized spacial score (nSPS) is 19.8. The molecule has 0 saturated carbocycles. The second-order valence-corrected chi connectivity index (χ2v) is 9.21. The van der Waals surface area contributed by atoms with Gasteiger partial charge in [0.25, 0.3) is 0 Å². The van der Waals surface area contributed by atoms with Crippen LogP contribution in [-0.4, -0.2) is 85.3 Å². The molecule has 1 aliphatic heterocycles. The van der Waals surface area contributed by atoms with Crippen molar-refractivity contribution in [2.45, 2.75) is 70.5 Å². The summed E-state index contributed by atoms with van der Waals surface area (Å²) in [6.45, 7) is 5.34. The average Bonchev–Trinajstić information content (AvgIpc) is 3.40. The molecule has 3 atom stereocenters. The molecule has 198 valence electrons. The standard InChI is InChI=1S/C22H32N6O8/c1-22(2,3)36-21(33)23-7-4-8-34-17(32)6-5-15(31)27-19-18-20(25-11-24-19)28(12-26-18)16-9-13(30)14(10-29)35-16/h11-14,16,29-30H,4-10H2,1-3H3,(H,23,33)(H,24,25,27,31)/t13-,14-,16-/m1/s1. The summed E-state index contributed by atoms with van der Waals surface area (Å²) in [5.41, 5.74) is 0.110. The number of hydrogen-bond donors (Lipinski definition) is 4. The third kappa shape index (κ3) is 7.57. The molecule has 4 N–H and O–H groups in total. The molecular weight excluding hydrogens is 476 g/mol. The number of rotatable bonds is 10. The molecule has 14 nitrogen and oxygen atoms in total. The van der Waals surface area contributed by atoms with E-state index in [-0.39, 0.29) is 44.8 Å². The van der Waals surface area contributed by atoms with Gasteiger partial charge in [-0.1, -0.05) is 0 Å². The molecule has 1 saturated heterocycles. The fourth-order valence-electron chi connectivity index (χ4n) is 3.45. The Morgan fingerprint density at radius 3 is 2.69 bits per heavy atom. The third-order valence-electron chi connectivity index (χ3n) is 5.12. The van der Waals surface area contributed by atoms with Crippen LogP contribution < -0.4 is 10.6 Å². The molecule has 3 heterocycles. The van der Waals surface area contributed by atoms with Crippen LogP contribution in [0.2, 0.25) is 0 Å². The van der Waals surface area contributed by atoms with Crippen LogP contribution in [0.4, 0.5) is 10.6 Å². The highest BCUT2D eigenvalue weighted by Gasteiger charge is 2.35. The number of carbonyl (C=O) groups is 3. The molecule has 3 rings (SSSR count). The lowest BCUT2D eigenvalue weighted by atomic mass is 10.2. The van der Waals surface area contributed by atoms with Crippen molar-refractivity contribution in [3.63, 3.8) is 0 Å². The molecule has 1 fully saturated rings. The Balaban J connectivity index is 1.42. The molecule has 1 aliphatic rings. The summed E-state index contributed by atoms with van der Waals surface area (Å²) in [4.78, 5) is 48.3. The maximum Gasteiger partial charge on any atom is 0.407 e. The van der Waals surface area contributed by atoms with Gasteiger partial charge in [-0.15, -0.1) is 0 Å². The Morgan fingerprint density at radius 1 is 1.22 bits per heavy atom. The summed E-state index contributed by atoms with van der Waals surface area (Å²) in [6.07, 6.45) is 0.467. The van der Waals surface area contributed by atoms with Gasteiger partial charge >= 0.3 is 12.1 Å². The van der Waals surface area contributed by atoms with Crippen LogP contribution in [0.5, 0.6) is 0 Å². The first kappa shape index (κ1) is 27.2. The van der Waals surface area contributed by atoms with Gasteiger partial charge in [-0.05, 0) is 27.2 Å². The van der Waals surface area contributed by atoms with Crippen LogP contribution in [0.1, 0.15) is 52.7 Å². The van der Waals surface area contributed by atoms with Gasteiger partial charge in [0.2, 0.25) is 5.91 Å². The zero-order valence-corrected chi connectivity index (χ0v) is 20.5. The van der Waals surface area contributed by atoms with E-state index in [0.29, 0.717) is 17.6 Å². The lowest BCUT2D eigenvalue weighted by Gasteiger charge is -2.19. The van der Waals surface area contributed by atoms with Crippen molar-refractivity contribution < 1.29 is 38.8 Å². The van der Waals surface area contributed by atoms with Gasteiger partial charge in [-0.2, -0.15) is 0 Å². The lowest BCUT2D eigenvalue weighted by molar-refractivity contribution is -0.144.